The number of nitrogens with zero attached hydrogens (tertiary/aromatic N) is 1. The first kappa shape index (κ1) is 23.7. The molecule has 0 aliphatic heterocycles. The van der Waals surface area contributed by atoms with E-state index in [-0.39, 0.29) is 5.91 Å². The van der Waals surface area contributed by atoms with Crippen LogP contribution >= 0.6 is 0 Å². The highest BCUT2D eigenvalue weighted by atomic mass is 16.5. The smallest absolute Gasteiger partial charge is 0.258 e. The highest BCUT2D eigenvalue weighted by Crippen LogP contribution is 2.24. The van der Waals surface area contributed by atoms with E-state index in [0.29, 0.717) is 47.4 Å². The number of aromatic amines is 1. The van der Waals surface area contributed by atoms with Gasteiger partial charge in [-0.15, -0.1) is 0 Å². The van der Waals surface area contributed by atoms with Gasteiger partial charge in [0.15, 0.2) is 0 Å². The number of fused-ring (bicyclic) bond motifs is 1. The minimum Gasteiger partial charge on any atom is -0.497 e. The fourth-order valence-corrected chi connectivity index (χ4v) is 3.73. The van der Waals surface area contributed by atoms with Crippen LogP contribution in [0.5, 0.6) is 17.2 Å². The van der Waals surface area contributed by atoms with Crippen molar-refractivity contribution >= 4 is 28.5 Å². The summed E-state index contributed by atoms with van der Waals surface area (Å²) in [6.45, 7) is 0.459. The highest BCUT2D eigenvalue weighted by molar-refractivity contribution is 6.10. The van der Waals surface area contributed by atoms with Crippen LogP contribution in [-0.2, 0) is 6.42 Å². The standard InChI is InChI=1S/C27H28N4O4/c1-33-20-14-19(15-21(16-20)34-2)26(32)31-27(30-24-10-6-7-11-25(24)35-3)28-13-12-18-17-29-23-9-5-4-8-22(18)23/h4-11,14-17,29H,12-13H2,1-3H3,(H2,28,30,31,32). The van der Waals surface area contributed by atoms with Gasteiger partial charge < -0.3 is 24.5 Å². The number of nitrogens with one attached hydrogen (secondary N) is 3. The van der Waals surface area contributed by atoms with Crippen molar-refractivity contribution in [2.24, 2.45) is 4.99 Å². The van der Waals surface area contributed by atoms with E-state index < -0.39 is 0 Å². The Morgan fingerprint density at radius 1 is 0.914 bits per heavy atom. The largest absolute Gasteiger partial charge is 0.497 e. The second-order valence-electron chi connectivity index (χ2n) is 7.72. The second-order valence-corrected chi connectivity index (χ2v) is 7.72. The lowest BCUT2D eigenvalue weighted by atomic mass is 10.1. The normalized spacial score (nSPS) is 11.2. The van der Waals surface area contributed by atoms with E-state index in [2.05, 4.69) is 26.7 Å². The number of aliphatic imine (C=N–C) groups is 1. The molecule has 1 amide bonds. The van der Waals surface area contributed by atoms with Gasteiger partial charge in [0.05, 0.1) is 27.0 Å². The molecule has 8 nitrogen and oxygen atoms in total. The number of carbonyl (C=O) groups excluding carboxylic acids is 1. The summed E-state index contributed by atoms with van der Waals surface area (Å²) in [5.74, 6) is 1.63. The number of anilines is 1. The van der Waals surface area contributed by atoms with E-state index in [1.807, 2.05) is 48.7 Å². The molecule has 3 N–H and O–H groups in total. The SMILES string of the molecule is COc1cc(OC)cc(C(=O)NC(=NCCc2c[nH]c3ccccc23)Nc2ccccc2OC)c1. The van der Waals surface area contributed by atoms with Gasteiger partial charge in [0, 0.05) is 35.3 Å². The molecule has 4 rings (SSSR count). The molecule has 8 heteroatoms. The van der Waals surface area contributed by atoms with Crippen LogP contribution in [0.15, 0.2) is 77.9 Å². The Labute approximate surface area is 203 Å². The maximum Gasteiger partial charge on any atom is 0.258 e. The molecule has 1 heterocycles. The Balaban J connectivity index is 1.57. The lowest BCUT2D eigenvalue weighted by Gasteiger charge is -2.15. The van der Waals surface area contributed by atoms with Crippen LogP contribution in [0.1, 0.15) is 15.9 Å². The summed E-state index contributed by atoms with van der Waals surface area (Å²) < 4.78 is 16.0. The topological polar surface area (TPSA) is 97.0 Å². The molecule has 0 unspecified atom stereocenters. The van der Waals surface area contributed by atoms with Gasteiger partial charge in [-0.3, -0.25) is 15.1 Å². The van der Waals surface area contributed by atoms with E-state index >= 15 is 0 Å². The molecule has 0 atom stereocenters. The Bertz CT molecular complexity index is 1320. The number of ether oxygens (including phenoxy) is 3. The van der Waals surface area contributed by atoms with E-state index in [4.69, 9.17) is 14.2 Å². The van der Waals surface area contributed by atoms with Gasteiger partial charge in [0.2, 0.25) is 5.96 Å². The van der Waals surface area contributed by atoms with Crippen molar-refractivity contribution in [2.75, 3.05) is 33.2 Å². The number of carbonyl (C=O) groups is 1. The predicted octanol–water partition coefficient (Wildman–Crippen LogP) is 4.63. The average Bonchev–Trinajstić information content (AvgIpc) is 3.31. The van der Waals surface area contributed by atoms with Crippen LogP contribution in [0, 0.1) is 0 Å². The van der Waals surface area contributed by atoms with Crippen molar-refractivity contribution in [3.05, 3.63) is 84.1 Å². The number of benzene rings is 3. The first-order valence-electron chi connectivity index (χ1n) is 11.1. The maximum absolute atomic E-state index is 13.1. The Hall–Kier alpha value is -4.46. The van der Waals surface area contributed by atoms with Gasteiger partial charge >= 0.3 is 0 Å². The number of amides is 1. The first-order valence-corrected chi connectivity index (χ1v) is 11.1. The van der Waals surface area contributed by atoms with Gasteiger partial charge in [-0.2, -0.15) is 0 Å². The predicted molar refractivity (Wildman–Crippen MR) is 138 cm³/mol. The third-order valence-corrected chi connectivity index (χ3v) is 5.53. The zero-order chi connectivity index (χ0) is 24.6. The summed E-state index contributed by atoms with van der Waals surface area (Å²) in [6.07, 6.45) is 2.69. The molecule has 0 bridgehead atoms. The molecule has 4 aromatic rings. The summed E-state index contributed by atoms with van der Waals surface area (Å²) in [6, 6.07) is 20.6. The number of methoxy groups -OCH3 is 3. The first-order chi connectivity index (χ1) is 17.1. The molecule has 0 saturated heterocycles. The van der Waals surface area contributed by atoms with Crippen LogP contribution in [0.25, 0.3) is 10.9 Å². The number of para-hydroxylation sites is 3. The number of hydrogen-bond acceptors (Lipinski definition) is 5. The van der Waals surface area contributed by atoms with Crippen molar-refractivity contribution in [3.63, 3.8) is 0 Å². The van der Waals surface area contributed by atoms with Crippen LogP contribution in [0.3, 0.4) is 0 Å². The van der Waals surface area contributed by atoms with Crippen molar-refractivity contribution in [1.82, 2.24) is 10.3 Å². The summed E-state index contributed by atoms with van der Waals surface area (Å²) in [5, 5.41) is 7.24. The summed E-state index contributed by atoms with van der Waals surface area (Å²) >= 11 is 0. The van der Waals surface area contributed by atoms with Crippen LogP contribution in [0.4, 0.5) is 5.69 Å². The Morgan fingerprint density at radius 2 is 1.63 bits per heavy atom. The van der Waals surface area contributed by atoms with Gasteiger partial charge in [-0.25, -0.2) is 0 Å². The van der Waals surface area contributed by atoms with E-state index in [1.165, 1.54) is 14.2 Å². The van der Waals surface area contributed by atoms with E-state index in [0.717, 1.165) is 16.5 Å². The third-order valence-electron chi connectivity index (χ3n) is 5.53. The Kier molecular flexibility index (Phi) is 7.52. The van der Waals surface area contributed by atoms with Crippen molar-refractivity contribution in [3.8, 4) is 17.2 Å². The molecule has 0 spiro atoms. The fraction of sp³-hybridized carbons (Fsp3) is 0.185. The molecular weight excluding hydrogens is 444 g/mol. The van der Waals surface area contributed by atoms with E-state index in [1.54, 1.807) is 25.3 Å². The molecule has 1 aromatic heterocycles. The summed E-state index contributed by atoms with van der Waals surface area (Å²) in [5.41, 5.74) is 3.31. The molecular formula is C27H28N4O4. The molecule has 0 aliphatic rings. The molecule has 3 aromatic carbocycles. The van der Waals surface area contributed by atoms with Gasteiger partial charge in [-0.05, 0) is 42.3 Å². The number of hydrogen-bond donors (Lipinski definition) is 3. The molecule has 0 saturated carbocycles. The highest BCUT2D eigenvalue weighted by Gasteiger charge is 2.14. The van der Waals surface area contributed by atoms with Crippen LogP contribution < -0.4 is 24.8 Å². The Morgan fingerprint density at radius 3 is 2.37 bits per heavy atom. The summed E-state index contributed by atoms with van der Waals surface area (Å²) in [4.78, 5) is 21.1. The van der Waals surface area contributed by atoms with Gasteiger partial charge in [-0.1, -0.05) is 30.3 Å². The van der Waals surface area contributed by atoms with Crippen molar-refractivity contribution in [2.45, 2.75) is 6.42 Å². The molecule has 35 heavy (non-hydrogen) atoms. The van der Waals surface area contributed by atoms with E-state index in [9.17, 15) is 4.79 Å². The monoisotopic (exact) mass is 472 g/mol. The quantitative estimate of drug-likeness (QED) is 0.257. The fourth-order valence-electron chi connectivity index (χ4n) is 3.73. The lowest BCUT2D eigenvalue weighted by Crippen LogP contribution is -2.36. The average molecular weight is 473 g/mol. The molecule has 180 valence electrons. The third kappa shape index (κ3) is 5.73. The second kappa shape index (κ2) is 11.1. The van der Waals surface area contributed by atoms with Crippen LogP contribution in [0.2, 0.25) is 0 Å². The van der Waals surface area contributed by atoms with Gasteiger partial charge in [0.25, 0.3) is 5.91 Å². The van der Waals surface area contributed by atoms with Crippen LogP contribution in [-0.4, -0.2) is 44.7 Å². The molecule has 0 fully saturated rings. The zero-order valence-electron chi connectivity index (χ0n) is 19.9. The maximum atomic E-state index is 13.1. The van der Waals surface area contributed by atoms with Gasteiger partial charge in [0.1, 0.15) is 17.2 Å². The summed E-state index contributed by atoms with van der Waals surface area (Å²) in [7, 11) is 4.67. The lowest BCUT2D eigenvalue weighted by molar-refractivity contribution is 0.0976. The number of rotatable bonds is 8. The zero-order valence-corrected chi connectivity index (χ0v) is 19.9. The van der Waals surface area contributed by atoms with Crippen molar-refractivity contribution in [1.29, 1.82) is 0 Å². The number of aromatic nitrogens is 1. The molecule has 0 radical (unpaired) electrons. The molecule has 0 aliphatic carbocycles. The van der Waals surface area contributed by atoms with Crippen molar-refractivity contribution < 1.29 is 19.0 Å². The number of H-pyrrole nitrogens is 1. The number of guanidine groups is 1. The minimum atomic E-state index is -0.351. The minimum absolute atomic E-state index is 0.307.